The van der Waals surface area contributed by atoms with E-state index in [1.54, 1.807) is 19.1 Å². The van der Waals surface area contributed by atoms with Crippen molar-refractivity contribution < 1.29 is 8.42 Å². The minimum Gasteiger partial charge on any atom is -0.398 e. The number of fused-ring (bicyclic) bond motifs is 1. The van der Waals surface area contributed by atoms with Crippen LogP contribution in [0.2, 0.25) is 0 Å². The highest BCUT2D eigenvalue weighted by molar-refractivity contribution is 7.93. The van der Waals surface area contributed by atoms with Crippen LogP contribution >= 0.6 is 11.3 Å². The topological polar surface area (TPSA) is 85.1 Å². The molecule has 0 unspecified atom stereocenters. The van der Waals surface area contributed by atoms with E-state index < -0.39 is 10.0 Å². The van der Waals surface area contributed by atoms with Crippen LogP contribution in [0.15, 0.2) is 47.4 Å². The molecule has 0 aliphatic carbocycles. The number of para-hydroxylation sites is 1. The van der Waals surface area contributed by atoms with E-state index in [2.05, 4.69) is 9.71 Å². The van der Waals surface area contributed by atoms with Crippen molar-refractivity contribution in [3.05, 3.63) is 48.0 Å². The molecule has 0 radical (unpaired) electrons. The van der Waals surface area contributed by atoms with Crippen molar-refractivity contribution in [2.24, 2.45) is 0 Å². The number of nitrogens with zero attached hydrogens (tertiary/aromatic N) is 1. The maximum absolute atomic E-state index is 12.5. The molecule has 5 nitrogen and oxygen atoms in total. The largest absolute Gasteiger partial charge is 0.398 e. The van der Waals surface area contributed by atoms with E-state index in [4.69, 9.17) is 5.73 Å². The molecule has 0 aliphatic rings. The predicted octanol–water partition coefficient (Wildman–Crippen LogP) is 2.99. The zero-order valence-electron chi connectivity index (χ0n) is 11.2. The quantitative estimate of drug-likeness (QED) is 0.727. The number of sulfonamides is 1. The number of aromatic nitrogens is 1. The minimum atomic E-state index is -3.70. The molecule has 0 aliphatic heterocycles. The van der Waals surface area contributed by atoms with Gasteiger partial charge in [-0.15, -0.1) is 0 Å². The Hall–Kier alpha value is -2.12. The molecule has 7 heteroatoms. The molecule has 0 saturated carbocycles. The molecule has 1 heterocycles. The number of benzene rings is 2. The number of rotatable bonds is 3. The Kier molecular flexibility index (Phi) is 3.30. The van der Waals surface area contributed by atoms with E-state index in [1.165, 1.54) is 17.4 Å². The number of nitrogens with two attached hydrogens (primary N) is 1. The fourth-order valence-corrected chi connectivity index (χ4v) is 4.39. The second-order valence-corrected chi connectivity index (χ2v) is 7.24. The summed E-state index contributed by atoms with van der Waals surface area (Å²) in [4.78, 5) is 4.44. The Balaban J connectivity index is 2.01. The number of nitrogen functional groups attached to an aromatic ring is 1. The Labute approximate surface area is 126 Å². The van der Waals surface area contributed by atoms with Gasteiger partial charge in [0, 0.05) is 5.69 Å². The first kappa shape index (κ1) is 13.8. The van der Waals surface area contributed by atoms with Crippen LogP contribution in [0.5, 0.6) is 0 Å². The molecule has 0 amide bonds. The van der Waals surface area contributed by atoms with Gasteiger partial charge < -0.3 is 5.73 Å². The lowest BCUT2D eigenvalue weighted by molar-refractivity contribution is 0.600. The lowest BCUT2D eigenvalue weighted by Gasteiger charge is -2.09. The smallest absolute Gasteiger partial charge is 0.264 e. The standard InChI is InChI=1S/C14H13N3O2S2/c1-9-10(15)5-4-8-13(9)21(18,19)17-14-16-11-6-2-3-7-12(11)20-14/h2-8H,15H2,1H3,(H,16,17). The monoisotopic (exact) mass is 319 g/mol. The van der Waals surface area contributed by atoms with E-state index >= 15 is 0 Å². The van der Waals surface area contributed by atoms with Crippen molar-refractivity contribution >= 4 is 42.4 Å². The maximum Gasteiger partial charge on any atom is 0.264 e. The van der Waals surface area contributed by atoms with Crippen molar-refractivity contribution in [1.29, 1.82) is 0 Å². The average Bonchev–Trinajstić information content (AvgIpc) is 2.82. The van der Waals surface area contributed by atoms with Crippen LogP contribution in [-0.2, 0) is 10.0 Å². The molecular weight excluding hydrogens is 306 g/mol. The number of hydrogen-bond acceptors (Lipinski definition) is 5. The van der Waals surface area contributed by atoms with Crippen molar-refractivity contribution in [2.75, 3.05) is 10.5 Å². The summed E-state index contributed by atoms with van der Waals surface area (Å²) < 4.78 is 28.3. The third-order valence-electron chi connectivity index (χ3n) is 3.13. The molecule has 108 valence electrons. The van der Waals surface area contributed by atoms with Gasteiger partial charge in [-0.1, -0.05) is 29.5 Å². The third-order valence-corrected chi connectivity index (χ3v) is 5.70. The highest BCUT2D eigenvalue weighted by Crippen LogP contribution is 2.28. The normalized spacial score (nSPS) is 11.7. The van der Waals surface area contributed by atoms with E-state index in [0.29, 0.717) is 16.4 Å². The molecule has 3 N–H and O–H groups in total. The molecule has 0 spiro atoms. The summed E-state index contributed by atoms with van der Waals surface area (Å²) >= 11 is 1.30. The van der Waals surface area contributed by atoms with Crippen molar-refractivity contribution in [3.8, 4) is 0 Å². The molecule has 3 rings (SSSR count). The van der Waals surface area contributed by atoms with E-state index in [9.17, 15) is 8.42 Å². The SMILES string of the molecule is Cc1c(N)cccc1S(=O)(=O)Nc1nc2ccccc2s1. The summed E-state index contributed by atoms with van der Waals surface area (Å²) in [6.45, 7) is 1.68. The van der Waals surface area contributed by atoms with Gasteiger partial charge in [-0.3, -0.25) is 4.72 Å². The van der Waals surface area contributed by atoms with Gasteiger partial charge in [0.15, 0.2) is 5.13 Å². The molecule has 0 bridgehead atoms. The fraction of sp³-hybridized carbons (Fsp3) is 0.0714. The van der Waals surface area contributed by atoms with Gasteiger partial charge in [-0.25, -0.2) is 13.4 Å². The highest BCUT2D eigenvalue weighted by Gasteiger charge is 2.19. The van der Waals surface area contributed by atoms with Crippen LogP contribution in [0.3, 0.4) is 0 Å². The first-order valence-corrected chi connectivity index (χ1v) is 8.51. The number of nitrogens with one attached hydrogen (secondary N) is 1. The molecule has 0 atom stereocenters. The van der Waals surface area contributed by atoms with Crippen LogP contribution in [0.25, 0.3) is 10.2 Å². The van der Waals surface area contributed by atoms with Crippen LogP contribution < -0.4 is 10.5 Å². The van der Waals surface area contributed by atoms with Crippen molar-refractivity contribution in [3.63, 3.8) is 0 Å². The first-order chi connectivity index (χ1) is 9.97. The van der Waals surface area contributed by atoms with E-state index in [0.717, 1.165) is 10.2 Å². The summed E-state index contributed by atoms with van der Waals surface area (Å²) in [5.74, 6) is 0. The van der Waals surface area contributed by atoms with Crippen molar-refractivity contribution in [2.45, 2.75) is 11.8 Å². The van der Waals surface area contributed by atoms with Gasteiger partial charge in [0.1, 0.15) is 0 Å². The predicted molar refractivity (Wildman–Crippen MR) is 86.0 cm³/mol. The molecule has 0 saturated heterocycles. The molecule has 2 aromatic carbocycles. The van der Waals surface area contributed by atoms with Gasteiger partial charge in [-0.2, -0.15) is 0 Å². The second kappa shape index (κ2) is 5.01. The second-order valence-electron chi connectivity index (χ2n) is 4.56. The fourth-order valence-electron chi connectivity index (χ4n) is 2.01. The summed E-state index contributed by atoms with van der Waals surface area (Å²) in [6, 6.07) is 12.3. The summed E-state index contributed by atoms with van der Waals surface area (Å²) in [7, 11) is -3.70. The maximum atomic E-state index is 12.5. The van der Waals surface area contributed by atoms with E-state index in [-0.39, 0.29) is 4.90 Å². The molecular formula is C14H13N3O2S2. The van der Waals surface area contributed by atoms with Crippen molar-refractivity contribution in [1.82, 2.24) is 4.98 Å². The van der Waals surface area contributed by atoms with Crippen LogP contribution in [-0.4, -0.2) is 13.4 Å². The van der Waals surface area contributed by atoms with Crippen LogP contribution in [0, 0.1) is 6.92 Å². The Bertz CT molecular complexity index is 884. The lowest BCUT2D eigenvalue weighted by atomic mass is 10.2. The van der Waals surface area contributed by atoms with Gasteiger partial charge >= 0.3 is 0 Å². The number of hydrogen-bond donors (Lipinski definition) is 2. The first-order valence-electron chi connectivity index (χ1n) is 6.21. The van der Waals surface area contributed by atoms with Gasteiger partial charge in [-0.05, 0) is 36.8 Å². The zero-order valence-corrected chi connectivity index (χ0v) is 12.8. The number of anilines is 2. The summed E-state index contributed by atoms with van der Waals surface area (Å²) in [5, 5.41) is 0.345. The summed E-state index contributed by atoms with van der Waals surface area (Å²) in [6.07, 6.45) is 0. The third kappa shape index (κ3) is 2.57. The number of thiazole rings is 1. The molecule has 21 heavy (non-hydrogen) atoms. The van der Waals surface area contributed by atoms with Gasteiger partial charge in [0.05, 0.1) is 15.1 Å². The Morgan fingerprint density at radius 2 is 1.90 bits per heavy atom. The van der Waals surface area contributed by atoms with Crippen LogP contribution in [0.1, 0.15) is 5.56 Å². The Morgan fingerprint density at radius 3 is 2.67 bits per heavy atom. The van der Waals surface area contributed by atoms with Crippen LogP contribution in [0.4, 0.5) is 10.8 Å². The average molecular weight is 319 g/mol. The van der Waals surface area contributed by atoms with Gasteiger partial charge in [0.25, 0.3) is 10.0 Å². The highest BCUT2D eigenvalue weighted by atomic mass is 32.2. The minimum absolute atomic E-state index is 0.168. The Morgan fingerprint density at radius 1 is 1.14 bits per heavy atom. The molecule has 0 fully saturated rings. The van der Waals surface area contributed by atoms with Gasteiger partial charge in [0.2, 0.25) is 0 Å². The lowest BCUT2D eigenvalue weighted by Crippen LogP contribution is -2.14. The molecule has 3 aromatic rings. The van der Waals surface area contributed by atoms with E-state index in [1.807, 2.05) is 24.3 Å². The summed E-state index contributed by atoms with van der Waals surface area (Å²) in [5.41, 5.74) is 7.51. The molecule has 1 aromatic heterocycles. The zero-order chi connectivity index (χ0) is 15.0.